The molecular formula is C20H22N2O2S. The summed E-state index contributed by atoms with van der Waals surface area (Å²) in [6.07, 6.45) is 2.16. The van der Waals surface area contributed by atoms with Crippen LogP contribution in [0.2, 0.25) is 0 Å². The van der Waals surface area contributed by atoms with Gasteiger partial charge in [-0.3, -0.25) is 14.2 Å². The first-order valence-corrected chi connectivity index (χ1v) is 9.37. The van der Waals surface area contributed by atoms with Gasteiger partial charge in [0.05, 0.1) is 10.2 Å². The van der Waals surface area contributed by atoms with E-state index in [0.29, 0.717) is 13.0 Å². The van der Waals surface area contributed by atoms with Crippen LogP contribution in [-0.4, -0.2) is 16.5 Å². The first-order valence-electron chi connectivity index (χ1n) is 8.55. The molecule has 5 heteroatoms. The summed E-state index contributed by atoms with van der Waals surface area (Å²) in [5.74, 6) is -0.0113. The van der Waals surface area contributed by atoms with Crippen molar-refractivity contribution in [2.24, 2.45) is 0 Å². The van der Waals surface area contributed by atoms with E-state index in [1.807, 2.05) is 49.4 Å². The number of hydrogen-bond donors (Lipinski definition) is 1. The predicted molar refractivity (Wildman–Crippen MR) is 103 cm³/mol. The number of nitrogens with zero attached hydrogens (tertiary/aromatic N) is 1. The van der Waals surface area contributed by atoms with Crippen LogP contribution in [0.15, 0.2) is 59.4 Å². The minimum Gasteiger partial charge on any atom is -0.354 e. The molecule has 2 aromatic carbocycles. The van der Waals surface area contributed by atoms with E-state index in [1.165, 1.54) is 16.9 Å². The number of aryl methyl sites for hydroxylation is 2. The van der Waals surface area contributed by atoms with Crippen molar-refractivity contribution in [1.82, 2.24) is 9.88 Å². The van der Waals surface area contributed by atoms with Crippen LogP contribution in [-0.2, 0) is 17.8 Å². The Bertz CT molecular complexity index is 899. The molecule has 0 aliphatic heterocycles. The second-order valence-electron chi connectivity index (χ2n) is 6.23. The van der Waals surface area contributed by atoms with Gasteiger partial charge in [0.1, 0.15) is 0 Å². The summed E-state index contributed by atoms with van der Waals surface area (Å²) in [5, 5.41) is 3.03. The Labute approximate surface area is 151 Å². The highest BCUT2D eigenvalue weighted by atomic mass is 32.1. The molecule has 130 valence electrons. The second kappa shape index (κ2) is 8.12. The lowest BCUT2D eigenvalue weighted by atomic mass is 10.1. The van der Waals surface area contributed by atoms with Crippen LogP contribution in [0, 0.1) is 0 Å². The average molecular weight is 354 g/mol. The van der Waals surface area contributed by atoms with Crippen molar-refractivity contribution in [3.05, 3.63) is 69.8 Å². The number of nitrogens with one attached hydrogen (secondary N) is 1. The Hall–Kier alpha value is -2.40. The SMILES string of the molecule is C[C@H](CCc1ccccc1)NC(=O)CCn1c(=O)sc2ccccc21. The summed E-state index contributed by atoms with van der Waals surface area (Å²) in [4.78, 5) is 24.3. The van der Waals surface area contributed by atoms with Gasteiger partial charge in [0, 0.05) is 19.0 Å². The number of amides is 1. The molecular weight excluding hydrogens is 332 g/mol. The lowest BCUT2D eigenvalue weighted by molar-refractivity contribution is -0.121. The summed E-state index contributed by atoms with van der Waals surface area (Å²) in [6, 6.07) is 18.1. The minimum atomic E-state index is -0.0113. The van der Waals surface area contributed by atoms with Gasteiger partial charge in [-0.05, 0) is 37.5 Å². The van der Waals surface area contributed by atoms with Crippen LogP contribution >= 0.6 is 11.3 Å². The van der Waals surface area contributed by atoms with Crippen molar-refractivity contribution in [1.29, 1.82) is 0 Å². The van der Waals surface area contributed by atoms with Gasteiger partial charge in [0.25, 0.3) is 0 Å². The predicted octanol–water partition coefficient (Wildman–Crippen LogP) is 3.59. The highest BCUT2D eigenvalue weighted by Gasteiger charge is 2.11. The van der Waals surface area contributed by atoms with Crippen molar-refractivity contribution in [3.8, 4) is 0 Å². The molecule has 0 fully saturated rings. The van der Waals surface area contributed by atoms with Crippen molar-refractivity contribution in [2.45, 2.75) is 38.8 Å². The highest BCUT2D eigenvalue weighted by molar-refractivity contribution is 7.16. The normalized spacial score (nSPS) is 12.2. The van der Waals surface area contributed by atoms with Crippen LogP contribution < -0.4 is 10.2 Å². The number of aromatic nitrogens is 1. The minimum absolute atomic E-state index is 0.00822. The van der Waals surface area contributed by atoms with Crippen LogP contribution in [0.4, 0.5) is 0 Å². The Kier molecular flexibility index (Phi) is 5.66. The second-order valence-corrected chi connectivity index (χ2v) is 7.22. The Morgan fingerprint density at radius 2 is 1.84 bits per heavy atom. The van der Waals surface area contributed by atoms with Gasteiger partial charge >= 0.3 is 4.87 Å². The molecule has 0 saturated carbocycles. The maximum atomic E-state index is 12.2. The summed E-state index contributed by atoms with van der Waals surface area (Å²) in [7, 11) is 0. The maximum Gasteiger partial charge on any atom is 0.308 e. The smallest absolute Gasteiger partial charge is 0.308 e. The largest absolute Gasteiger partial charge is 0.354 e. The van der Waals surface area contributed by atoms with Gasteiger partial charge in [0.15, 0.2) is 0 Å². The molecule has 1 aromatic heterocycles. The van der Waals surface area contributed by atoms with Crippen LogP contribution in [0.1, 0.15) is 25.3 Å². The molecule has 0 saturated heterocycles. The third-order valence-electron chi connectivity index (χ3n) is 4.25. The van der Waals surface area contributed by atoms with Crippen LogP contribution in [0.25, 0.3) is 10.2 Å². The van der Waals surface area contributed by atoms with Crippen LogP contribution in [0.3, 0.4) is 0 Å². The van der Waals surface area contributed by atoms with Gasteiger partial charge in [0.2, 0.25) is 5.91 Å². The molecule has 25 heavy (non-hydrogen) atoms. The molecule has 0 radical (unpaired) electrons. The highest BCUT2D eigenvalue weighted by Crippen LogP contribution is 2.16. The molecule has 3 aromatic rings. The number of benzene rings is 2. The van der Waals surface area contributed by atoms with Gasteiger partial charge in [-0.1, -0.05) is 53.8 Å². The molecule has 1 N–H and O–H groups in total. The monoisotopic (exact) mass is 354 g/mol. The molecule has 0 unspecified atom stereocenters. The number of hydrogen-bond acceptors (Lipinski definition) is 3. The number of carbonyl (C=O) groups excluding carboxylic acids is 1. The average Bonchev–Trinajstić information content (AvgIpc) is 2.94. The number of carbonyl (C=O) groups is 1. The Morgan fingerprint density at radius 3 is 2.64 bits per heavy atom. The number of para-hydroxylation sites is 1. The van der Waals surface area contributed by atoms with E-state index in [9.17, 15) is 9.59 Å². The topological polar surface area (TPSA) is 51.1 Å². The molecule has 0 aliphatic carbocycles. The molecule has 1 heterocycles. The Morgan fingerprint density at radius 1 is 1.12 bits per heavy atom. The molecule has 1 atom stereocenters. The quantitative estimate of drug-likeness (QED) is 0.705. The van der Waals surface area contributed by atoms with Gasteiger partial charge in [-0.2, -0.15) is 0 Å². The fourth-order valence-electron chi connectivity index (χ4n) is 2.89. The summed E-state index contributed by atoms with van der Waals surface area (Å²) in [6.45, 7) is 2.44. The molecule has 0 spiro atoms. The zero-order valence-corrected chi connectivity index (χ0v) is 15.1. The number of thiazole rings is 1. The molecule has 0 bridgehead atoms. The van der Waals surface area contributed by atoms with Crippen molar-refractivity contribution >= 4 is 27.5 Å². The number of rotatable bonds is 7. The summed E-state index contributed by atoms with van der Waals surface area (Å²) in [5.41, 5.74) is 2.18. The molecule has 1 amide bonds. The standard InChI is InChI=1S/C20H22N2O2S/c1-15(11-12-16-7-3-2-4-8-16)21-19(23)13-14-22-17-9-5-6-10-18(17)25-20(22)24/h2-10,15H,11-14H2,1H3,(H,21,23)/t15-/m1/s1. The van der Waals surface area contributed by atoms with E-state index in [4.69, 9.17) is 0 Å². The van der Waals surface area contributed by atoms with E-state index in [1.54, 1.807) is 4.57 Å². The summed E-state index contributed by atoms with van der Waals surface area (Å²) < 4.78 is 2.65. The van der Waals surface area contributed by atoms with E-state index >= 15 is 0 Å². The Balaban J connectivity index is 1.50. The maximum absolute atomic E-state index is 12.2. The van der Waals surface area contributed by atoms with E-state index in [-0.39, 0.29) is 16.8 Å². The molecule has 0 aliphatic rings. The first-order chi connectivity index (χ1) is 12.1. The van der Waals surface area contributed by atoms with Crippen molar-refractivity contribution < 1.29 is 4.79 Å². The van der Waals surface area contributed by atoms with Gasteiger partial charge in [-0.15, -0.1) is 0 Å². The summed E-state index contributed by atoms with van der Waals surface area (Å²) >= 11 is 1.23. The third kappa shape index (κ3) is 4.57. The molecule has 3 rings (SSSR count). The van der Waals surface area contributed by atoms with E-state index in [0.717, 1.165) is 23.1 Å². The third-order valence-corrected chi connectivity index (χ3v) is 5.21. The lowest BCUT2D eigenvalue weighted by Crippen LogP contribution is -2.33. The first kappa shape index (κ1) is 17.4. The lowest BCUT2D eigenvalue weighted by Gasteiger charge is -2.14. The molecule has 4 nitrogen and oxygen atoms in total. The van der Waals surface area contributed by atoms with Gasteiger partial charge < -0.3 is 5.32 Å². The zero-order chi connectivity index (χ0) is 17.6. The van der Waals surface area contributed by atoms with Gasteiger partial charge in [-0.25, -0.2) is 0 Å². The van der Waals surface area contributed by atoms with E-state index < -0.39 is 0 Å². The van der Waals surface area contributed by atoms with Crippen LogP contribution in [0.5, 0.6) is 0 Å². The zero-order valence-electron chi connectivity index (χ0n) is 14.3. The van der Waals surface area contributed by atoms with Crippen molar-refractivity contribution in [2.75, 3.05) is 0 Å². The fourth-order valence-corrected chi connectivity index (χ4v) is 3.80. The van der Waals surface area contributed by atoms with E-state index in [2.05, 4.69) is 17.4 Å². The number of fused-ring (bicyclic) bond motifs is 1. The van der Waals surface area contributed by atoms with Crippen molar-refractivity contribution in [3.63, 3.8) is 0 Å². The fraction of sp³-hybridized carbons (Fsp3) is 0.300.